The number of nitrogens with one attached hydrogen (secondary N) is 1. The third-order valence-electron chi connectivity index (χ3n) is 5.16. The molecule has 1 aromatic heterocycles. The highest BCUT2D eigenvalue weighted by molar-refractivity contribution is 7.99. The van der Waals surface area contributed by atoms with Gasteiger partial charge in [-0.2, -0.15) is 0 Å². The number of hydrogen-bond acceptors (Lipinski definition) is 5. The van der Waals surface area contributed by atoms with E-state index in [2.05, 4.69) is 56.2 Å². The maximum atomic E-state index is 12.1. The second kappa shape index (κ2) is 8.33. The van der Waals surface area contributed by atoms with Crippen molar-refractivity contribution in [3.63, 3.8) is 0 Å². The lowest BCUT2D eigenvalue weighted by Crippen LogP contribution is -2.31. The topological polar surface area (TPSA) is 63.1 Å². The average molecular weight is 386 g/mol. The van der Waals surface area contributed by atoms with Crippen LogP contribution < -0.4 is 10.2 Å². The molecule has 144 valence electrons. The first kappa shape index (κ1) is 18.3. The molecule has 6 nitrogen and oxygen atoms in total. The summed E-state index contributed by atoms with van der Waals surface area (Å²) in [4.78, 5) is 14.5. The van der Waals surface area contributed by atoms with E-state index in [1.807, 2.05) is 0 Å². The van der Waals surface area contributed by atoms with Crippen LogP contribution in [0.15, 0.2) is 29.4 Å². The van der Waals surface area contributed by atoms with Crippen molar-refractivity contribution in [2.75, 3.05) is 30.3 Å². The maximum absolute atomic E-state index is 12.1. The van der Waals surface area contributed by atoms with Crippen molar-refractivity contribution in [3.05, 3.63) is 29.8 Å². The smallest absolute Gasteiger partial charge is 0.232 e. The van der Waals surface area contributed by atoms with Gasteiger partial charge in [0.25, 0.3) is 0 Å². The highest BCUT2D eigenvalue weighted by atomic mass is 32.2. The lowest BCUT2D eigenvalue weighted by atomic mass is 10.1. The van der Waals surface area contributed by atoms with Gasteiger partial charge in [-0.05, 0) is 57.1 Å². The van der Waals surface area contributed by atoms with E-state index >= 15 is 0 Å². The molecule has 2 aromatic rings. The van der Waals surface area contributed by atoms with E-state index in [1.165, 1.54) is 49.4 Å². The third kappa shape index (κ3) is 4.64. The molecule has 1 saturated carbocycles. The van der Waals surface area contributed by atoms with Gasteiger partial charge in [0.1, 0.15) is 0 Å². The molecule has 1 aliphatic heterocycles. The molecule has 27 heavy (non-hydrogen) atoms. The summed E-state index contributed by atoms with van der Waals surface area (Å²) in [5.74, 6) is 2.03. The number of benzene rings is 1. The molecule has 0 radical (unpaired) electrons. The highest BCUT2D eigenvalue weighted by Gasteiger charge is 2.23. The molecule has 7 heteroatoms. The SMILES string of the molecule is Cc1ccc(-n2c(SCC(=O)NCC3CC3)nnc2N2CCCCC2)cc1. The number of piperidine rings is 1. The molecule has 2 aliphatic rings. The maximum Gasteiger partial charge on any atom is 0.232 e. The van der Waals surface area contributed by atoms with Gasteiger partial charge in [0, 0.05) is 19.6 Å². The minimum absolute atomic E-state index is 0.0740. The molecule has 0 atom stereocenters. The second-order valence-electron chi connectivity index (χ2n) is 7.54. The van der Waals surface area contributed by atoms with E-state index < -0.39 is 0 Å². The molecule has 1 aliphatic carbocycles. The van der Waals surface area contributed by atoms with Crippen molar-refractivity contribution < 1.29 is 4.79 Å². The van der Waals surface area contributed by atoms with E-state index in [1.54, 1.807) is 0 Å². The molecular weight excluding hydrogens is 358 g/mol. The number of aryl methyl sites for hydroxylation is 1. The van der Waals surface area contributed by atoms with Gasteiger partial charge < -0.3 is 10.2 Å². The minimum Gasteiger partial charge on any atom is -0.355 e. The van der Waals surface area contributed by atoms with E-state index in [0.717, 1.165) is 36.4 Å². The van der Waals surface area contributed by atoms with Gasteiger partial charge >= 0.3 is 0 Å². The van der Waals surface area contributed by atoms with Gasteiger partial charge in [0.15, 0.2) is 5.16 Å². The van der Waals surface area contributed by atoms with Crippen molar-refractivity contribution in [2.24, 2.45) is 5.92 Å². The number of amides is 1. The van der Waals surface area contributed by atoms with Gasteiger partial charge in [0.2, 0.25) is 11.9 Å². The molecular formula is C20H27N5OS. The van der Waals surface area contributed by atoms with Gasteiger partial charge in [0.05, 0.1) is 11.4 Å². The fraction of sp³-hybridized carbons (Fsp3) is 0.550. The zero-order chi connectivity index (χ0) is 18.6. The van der Waals surface area contributed by atoms with Crippen LogP contribution in [-0.4, -0.2) is 46.1 Å². The normalized spacial score (nSPS) is 17.1. The fourth-order valence-corrected chi connectivity index (χ4v) is 4.11. The lowest BCUT2D eigenvalue weighted by Gasteiger charge is -2.27. The van der Waals surface area contributed by atoms with E-state index in [-0.39, 0.29) is 5.91 Å². The summed E-state index contributed by atoms with van der Waals surface area (Å²) >= 11 is 1.46. The summed E-state index contributed by atoms with van der Waals surface area (Å²) in [6, 6.07) is 8.41. The number of carbonyl (C=O) groups excluding carboxylic acids is 1. The van der Waals surface area contributed by atoms with Crippen molar-refractivity contribution in [3.8, 4) is 5.69 Å². The van der Waals surface area contributed by atoms with Crippen LogP contribution in [0.3, 0.4) is 0 Å². The van der Waals surface area contributed by atoms with Crippen LogP contribution in [-0.2, 0) is 4.79 Å². The van der Waals surface area contributed by atoms with Crippen LogP contribution in [0.1, 0.15) is 37.7 Å². The standard InChI is InChI=1S/C20H27N5OS/c1-15-5-9-17(10-6-15)25-19(24-11-3-2-4-12-24)22-23-20(25)27-14-18(26)21-13-16-7-8-16/h5-6,9-10,16H,2-4,7-8,11-14H2,1H3,(H,21,26). The predicted molar refractivity (Wildman–Crippen MR) is 109 cm³/mol. The number of anilines is 1. The fourth-order valence-electron chi connectivity index (χ4n) is 3.34. The van der Waals surface area contributed by atoms with E-state index in [4.69, 9.17) is 0 Å². The number of nitrogens with zero attached hydrogens (tertiary/aromatic N) is 4. The van der Waals surface area contributed by atoms with Crippen LogP contribution in [0.4, 0.5) is 5.95 Å². The molecule has 1 amide bonds. The van der Waals surface area contributed by atoms with Crippen molar-refractivity contribution in [2.45, 2.75) is 44.2 Å². The zero-order valence-corrected chi connectivity index (χ0v) is 16.7. The Kier molecular flexibility index (Phi) is 5.66. The number of rotatable bonds is 7. The van der Waals surface area contributed by atoms with Gasteiger partial charge in [-0.25, -0.2) is 0 Å². The summed E-state index contributed by atoms with van der Waals surface area (Å²) in [6.45, 7) is 4.91. The van der Waals surface area contributed by atoms with Gasteiger partial charge in [-0.3, -0.25) is 9.36 Å². The lowest BCUT2D eigenvalue weighted by molar-refractivity contribution is -0.118. The van der Waals surface area contributed by atoms with Crippen molar-refractivity contribution >= 4 is 23.6 Å². The number of aromatic nitrogens is 3. The van der Waals surface area contributed by atoms with Crippen LogP contribution in [0.25, 0.3) is 5.69 Å². The van der Waals surface area contributed by atoms with E-state index in [9.17, 15) is 4.79 Å². The van der Waals surface area contributed by atoms with Gasteiger partial charge in [-0.15, -0.1) is 10.2 Å². The minimum atomic E-state index is 0.0740. The largest absolute Gasteiger partial charge is 0.355 e. The summed E-state index contributed by atoms with van der Waals surface area (Å²) < 4.78 is 2.10. The molecule has 2 heterocycles. The van der Waals surface area contributed by atoms with Gasteiger partial charge in [-0.1, -0.05) is 29.5 Å². The van der Waals surface area contributed by atoms with Crippen LogP contribution >= 0.6 is 11.8 Å². The Balaban J connectivity index is 1.53. The molecule has 0 bridgehead atoms. The summed E-state index contributed by atoms with van der Waals surface area (Å²) in [5.41, 5.74) is 2.27. The zero-order valence-electron chi connectivity index (χ0n) is 15.9. The Morgan fingerprint density at radius 3 is 2.59 bits per heavy atom. The molecule has 1 N–H and O–H groups in total. The molecule has 1 aromatic carbocycles. The van der Waals surface area contributed by atoms with Crippen LogP contribution in [0.2, 0.25) is 0 Å². The Labute approximate surface area is 164 Å². The molecule has 4 rings (SSSR count). The summed E-state index contributed by atoms with van der Waals surface area (Å²) in [5, 5.41) is 12.7. The molecule has 1 saturated heterocycles. The first-order valence-corrected chi connectivity index (χ1v) is 10.9. The van der Waals surface area contributed by atoms with Crippen molar-refractivity contribution in [1.82, 2.24) is 20.1 Å². The highest BCUT2D eigenvalue weighted by Crippen LogP contribution is 2.29. The first-order valence-electron chi connectivity index (χ1n) is 9.87. The monoisotopic (exact) mass is 385 g/mol. The quantitative estimate of drug-likeness (QED) is 0.742. The van der Waals surface area contributed by atoms with Crippen molar-refractivity contribution in [1.29, 1.82) is 0 Å². The van der Waals surface area contributed by atoms with E-state index in [0.29, 0.717) is 11.7 Å². The number of thioether (sulfide) groups is 1. The Bertz CT molecular complexity index is 778. The van der Waals surface area contributed by atoms with Crippen LogP contribution in [0.5, 0.6) is 0 Å². The third-order valence-corrected chi connectivity index (χ3v) is 6.09. The summed E-state index contributed by atoms with van der Waals surface area (Å²) in [6.07, 6.45) is 6.14. The number of hydrogen-bond donors (Lipinski definition) is 1. The Hall–Kier alpha value is -2.02. The average Bonchev–Trinajstić information content (AvgIpc) is 3.44. The summed E-state index contributed by atoms with van der Waals surface area (Å²) in [7, 11) is 0. The first-order chi connectivity index (χ1) is 13.2. The molecule has 0 unspecified atom stereocenters. The predicted octanol–water partition coefficient (Wildman–Crippen LogP) is 3.18. The van der Waals surface area contributed by atoms with Crippen LogP contribution in [0, 0.1) is 12.8 Å². The molecule has 0 spiro atoms. The Morgan fingerprint density at radius 1 is 1.15 bits per heavy atom. The number of carbonyl (C=O) groups is 1. The Morgan fingerprint density at radius 2 is 1.89 bits per heavy atom. The second-order valence-corrected chi connectivity index (χ2v) is 8.48. The molecule has 2 fully saturated rings.